The summed E-state index contributed by atoms with van der Waals surface area (Å²) in [5.74, 6) is 1.73. The van der Waals surface area contributed by atoms with Gasteiger partial charge in [0.15, 0.2) is 0 Å². The lowest BCUT2D eigenvalue weighted by atomic mass is 9.94. The van der Waals surface area contributed by atoms with Crippen molar-refractivity contribution in [1.82, 2.24) is 4.90 Å². The topological polar surface area (TPSA) is 76.1 Å². The Hall–Kier alpha value is -2.50. The molecule has 168 valence electrons. The average molecular weight is 428 g/mol. The summed E-state index contributed by atoms with van der Waals surface area (Å²) in [7, 11) is 1.57. The number of benzene rings is 1. The third-order valence-electron chi connectivity index (χ3n) is 6.74. The Bertz CT molecular complexity index is 897. The van der Waals surface area contributed by atoms with E-state index in [4.69, 9.17) is 9.47 Å². The van der Waals surface area contributed by atoms with Crippen LogP contribution in [0.15, 0.2) is 11.6 Å². The summed E-state index contributed by atoms with van der Waals surface area (Å²) >= 11 is 0. The van der Waals surface area contributed by atoms with Crippen LogP contribution in [0.25, 0.3) is 0 Å². The summed E-state index contributed by atoms with van der Waals surface area (Å²) in [6.07, 6.45) is 8.69. The van der Waals surface area contributed by atoms with Crippen molar-refractivity contribution in [2.75, 3.05) is 20.2 Å². The molecule has 1 aromatic carbocycles. The maximum Gasteiger partial charge on any atom is 0.342 e. The molecule has 1 heterocycles. The smallest absolute Gasteiger partial charge is 0.342 e. The summed E-state index contributed by atoms with van der Waals surface area (Å²) in [4.78, 5) is 26.9. The van der Waals surface area contributed by atoms with Crippen LogP contribution in [0, 0.1) is 18.8 Å². The monoisotopic (exact) mass is 427 g/mol. The lowest BCUT2D eigenvalue weighted by Gasteiger charge is -2.22. The number of aromatic hydroxyl groups is 1. The maximum atomic E-state index is 12.8. The number of rotatable bonds is 10. The molecule has 0 bridgehead atoms. The Morgan fingerprint density at radius 3 is 2.42 bits per heavy atom. The van der Waals surface area contributed by atoms with Gasteiger partial charge in [-0.05, 0) is 69.8 Å². The fourth-order valence-electron chi connectivity index (χ4n) is 4.37. The largest absolute Gasteiger partial charge is 0.507 e. The van der Waals surface area contributed by atoms with Crippen LogP contribution in [-0.4, -0.2) is 42.1 Å². The molecule has 0 saturated heterocycles. The molecule has 1 aliphatic heterocycles. The minimum atomic E-state index is -0.489. The summed E-state index contributed by atoms with van der Waals surface area (Å²) in [6.45, 7) is 5.91. The van der Waals surface area contributed by atoms with E-state index in [1.165, 1.54) is 25.7 Å². The molecule has 2 saturated carbocycles. The van der Waals surface area contributed by atoms with Crippen LogP contribution in [0.2, 0.25) is 0 Å². The summed E-state index contributed by atoms with van der Waals surface area (Å²) in [5.41, 5.74) is 3.46. The van der Waals surface area contributed by atoms with Crippen LogP contribution in [0.3, 0.4) is 0 Å². The van der Waals surface area contributed by atoms with Crippen molar-refractivity contribution in [3.05, 3.63) is 33.9 Å². The van der Waals surface area contributed by atoms with Gasteiger partial charge in [0.2, 0.25) is 5.91 Å². The molecule has 0 spiro atoms. The Balaban J connectivity index is 1.41. The Labute approximate surface area is 184 Å². The first kappa shape index (κ1) is 21.7. The molecule has 0 atom stereocenters. The zero-order chi connectivity index (χ0) is 22.1. The van der Waals surface area contributed by atoms with Gasteiger partial charge in [0.05, 0.1) is 7.11 Å². The van der Waals surface area contributed by atoms with E-state index in [2.05, 4.69) is 4.90 Å². The number of hydrogen-bond acceptors (Lipinski definition) is 5. The molecule has 2 aliphatic carbocycles. The first-order valence-corrected chi connectivity index (χ1v) is 11.4. The van der Waals surface area contributed by atoms with Crippen LogP contribution in [0.1, 0.15) is 72.5 Å². The first-order valence-electron chi connectivity index (χ1n) is 11.4. The molecule has 6 nitrogen and oxygen atoms in total. The second kappa shape index (κ2) is 8.93. The number of nitrogens with zero attached hydrogens (tertiary/aromatic N) is 1. The van der Waals surface area contributed by atoms with Crippen LogP contribution in [0.4, 0.5) is 0 Å². The van der Waals surface area contributed by atoms with Crippen LogP contribution < -0.4 is 4.74 Å². The van der Waals surface area contributed by atoms with Gasteiger partial charge >= 0.3 is 5.97 Å². The lowest BCUT2D eigenvalue weighted by molar-refractivity contribution is -0.131. The number of phenolic OH excluding ortho intramolecular Hbond substituents is 1. The number of allylic oxidation sites excluding steroid dienone is 2. The predicted octanol–water partition coefficient (Wildman–Crippen LogP) is 4.30. The molecule has 1 amide bonds. The third kappa shape index (κ3) is 4.89. The molecule has 3 aliphatic rings. The number of methoxy groups -OCH3 is 1. The minimum absolute atomic E-state index is 0.0554. The molecule has 1 N–H and O–H groups in total. The predicted molar refractivity (Wildman–Crippen MR) is 117 cm³/mol. The molecule has 0 unspecified atom stereocenters. The zero-order valence-corrected chi connectivity index (χ0v) is 18.8. The van der Waals surface area contributed by atoms with Crippen LogP contribution in [0.5, 0.6) is 11.5 Å². The van der Waals surface area contributed by atoms with Gasteiger partial charge in [0.25, 0.3) is 0 Å². The molecule has 2 fully saturated rings. The van der Waals surface area contributed by atoms with E-state index in [-0.39, 0.29) is 23.8 Å². The molecule has 6 heteroatoms. The second-order valence-corrected chi connectivity index (χ2v) is 9.36. The highest BCUT2D eigenvalue weighted by Crippen LogP contribution is 2.42. The molecule has 1 aromatic rings. The second-order valence-electron chi connectivity index (χ2n) is 9.36. The number of fused-ring (bicyclic) bond motifs is 1. The van der Waals surface area contributed by atoms with Crippen LogP contribution in [-0.2, 0) is 22.6 Å². The highest BCUT2D eigenvalue weighted by atomic mass is 16.5. The molecular weight excluding hydrogens is 394 g/mol. The fraction of sp³-hybridized carbons (Fsp3) is 0.600. The highest BCUT2D eigenvalue weighted by Gasteiger charge is 2.32. The number of carbonyl (C=O) groups is 2. The number of phenols is 1. The molecule has 31 heavy (non-hydrogen) atoms. The Kier molecular flexibility index (Phi) is 6.26. The highest BCUT2D eigenvalue weighted by molar-refractivity contribution is 5.98. The normalized spacial score (nSPS) is 18.0. The van der Waals surface area contributed by atoms with E-state index in [1.807, 2.05) is 19.9 Å². The lowest BCUT2D eigenvalue weighted by Crippen LogP contribution is -2.34. The average Bonchev–Trinajstić information content (AvgIpc) is 3.68. The van der Waals surface area contributed by atoms with E-state index in [9.17, 15) is 14.7 Å². The number of carbonyl (C=O) groups excluding carboxylic acids is 2. The molecular formula is C25H33NO5. The molecule has 4 rings (SSSR count). The van der Waals surface area contributed by atoms with Gasteiger partial charge in [0, 0.05) is 30.6 Å². The summed E-state index contributed by atoms with van der Waals surface area (Å²) in [5, 5.41) is 10.7. The van der Waals surface area contributed by atoms with Crippen LogP contribution >= 0.6 is 0 Å². The fourth-order valence-corrected chi connectivity index (χ4v) is 4.37. The standard InChI is InChI=1S/C25H33NO5/c1-15(5-11-21(27)26(12-17-6-7-17)13-18-8-9-18)4-10-19-23(28)22-20(14-31-25(22)29)16(2)24(19)30-3/h4,17-18,28H,5-14H2,1-3H3/b15-4+. The van der Waals surface area contributed by atoms with E-state index in [0.717, 1.165) is 24.2 Å². The van der Waals surface area contributed by atoms with Crippen molar-refractivity contribution in [2.24, 2.45) is 11.8 Å². The summed E-state index contributed by atoms with van der Waals surface area (Å²) in [6, 6.07) is 0. The number of hydrogen-bond donors (Lipinski definition) is 1. The third-order valence-corrected chi connectivity index (χ3v) is 6.74. The van der Waals surface area contributed by atoms with E-state index in [1.54, 1.807) is 7.11 Å². The summed E-state index contributed by atoms with van der Waals surface area (Å²) < 4.78 is 10.7. The van der Waals surface area contributed by atoms with Gasteiger partial charge < -0.3 is 19.5 Å². The molecule has 0 aromatic heterocycles. The number of esters is 1. The first-order chi connectivity index (χ1) is 14.9. The van der Waals surface area contributed by atoms with E-state index in [0.29, 0.717) is 48.0 Å². The Morgan fingerprint density at radius 2 is 1.84 bits per heavy atom. The maximum absolute atomic E-state index is 12.8. The van der Waals surface area contributed by atoms with Gasteiger partial charge in [-0.1, -0.05) is 11.6 Å². The van der Waals surface area contributed by atoms with Gasteiger partial charge in [-0.25, -0.2) is 4.79 Å². The van der Waals surface area contributed by atoms with Gasteiger partial charge in [0.1, 0.15) is 23.7 Å². The van der Waals surface area contributed by atoms with Gasteiger partial charge in [-0.3, -0.25) is 4.79 Å². The minimum Gasteiger partial charge on any atom is -0.507 e. The van der Waals surface area contributed by atoms with Crippen molar-refractivity contribution in [2.45, 2.75) is 65.4 Å². The van der Waals surface area contributed by atoms with E-state index >= 15 is 0 Å². The van der Waals surface area contributed by atoms with Crippen molar-refractivity contribution >= 4 is 11.9 Å². The van der Waals surface area contributed by atoms with Crippen molar-refractivity contribution in [3.8, 4) is 11.5 Å². The van der Waals surface area contributed by atoms with Crippen molar-refractivity contribution in [1.29, 1.82) is 0 Å². The van der Waals surface area contributed by atoms with Gasteiger partial charge in [-0.15, -0.1) is 0 Å². The SMILES string of the molecule is COc1c(C)c2c(c(O)c1C/C=C(\C)CCC(=O)N(CC1CC1)CC1CC1)C(=O)OC2. The van der Waals surface area contributed by atoms with Gasteiger partial charge in [-0.2, -0.15) is 0 Å². The van der Waals surface area contributed by atoms with Crippen molar-refractivity contribution in [3.63, 3.8) is 0 Å². The molecule has 0 radical (unpaired) electrons. The number of ether oxygens (including phenoxy) is 2. The number of cyclic esters (lactones) is 1. The number of amides is 1. The zero-order valence-electron chi connectivity index (χ0n) is 18.8. The quantitative estimate of drug-likeness (QED) is 0.445. The van der Waals surface area contributed by atoms with Crippen molar-refractivity contribution < 1.29 is 24.2 Å². The Morgan fingerprint density at radius 1 is 1.19 bits per heavy atom. The van der Waals surface area contributed by atoms with E-state index < -0.39 is 5.97 Å².